The maximum Gasteiger partial charge on any atom is 0.333 e. The van der Waals surface area contributed by atoms with Crippen LogP contribution in [0.3, 0.4) is 0 Å². The molecular weight excluding hydrogens is 252 g/mol. The van der Waals surface area contributed by atoms with Crippen LogP contribution in [0.15, 0.2) is 12.2 Å². The van der Waals surface area contributed by atoms with Gasteiger partial charge in [-0.05, 0) is 32.6 Å². The first-order chi connectivity index (χ1) is 9.63. The number of ether oxygens (including phenoxy) is 2. The highest BCUT2D eigenvalue weighted by Gasteiger charge is 2.25. The van der Waals surface area contributed by atoms with E-state index in [-0.39, 0.29) is 18.2 Å². The molecule has 0 bridgehead atoms. The van der Waals surface area contributed by atoms with Crippen LogP contribution in [0.5, 0.6) is 0 Å². The van der Waals surface area contributed by atoms with Crippen LogP contribution in [0, 0.1) is 0 Å². The molecule has 1 aliphatic rings. The quantitative estimate of drug-likeness (QED) is 0.357. The van der Waals surface area contributed by atoms with Crippen LogP contribution in [0.1, 0.15) is 71.6 Å². The van der Waals surface area contributed by atoms with Gasteiger partial charge in [0, 0.05) is 18.6 Å². The third-order valence-electron chi connectivity index (χ3n) is 3.80. The number of carbonyl (C=O) groups excluding carboxylic acids is 1. The van der Waals surface area contributed by atoms with E-state index in [1.54, 1.807) is 6.92 Å². The lowest BCUT2D eigenvalue weighted by Gasteiger charge is -2.29. The van der Waals surface area contributed by atoms with Gasteiger partial charge in [0.15, 0.2) is 0 Å². The molecular formula is C17H30O3. The Hall–Kier alpha value is -0.830. The van der Waals surface area contributed by atoms with Crippen LogP contribution in [-0.2, 0) is 14.3 Å². The summed E-state index contributed by atoms with van der Waals surface area (Å²) >= 11 is 0. The van der Waals surface area contributed by atoms with Crippen LogP contribution in [0.25, 0.3) is 0 Å². The molecule has 1 rings (SSSR count). The Morgan fingerprint density at radius 2 is 1.85 bits per heavy atom. The summed E-state index contributed by atoms with van der Waals surface area (Å²) in [5.74, 6) is -0.268. The summed E-state index contributed by atoms with van der Waals surface area (Å²) in [6.07, 6.45) is 10.6. The molecule has 0 aliphatic heterocycles. The zero-order chi connectivity index (χ0) is 14.8. The Kier molecular flexibility index (Phi) is 8.59. The summed E-state index contributed by atoms with van der Waals surface area (Å²) in [7, 11) is 0. The predicted molar refractivity (Wildman–Crippen MR) is 81.7 cm³/mol. The highest BCUT2D eigenvalue weighted by molar-refractivity contribution is 5.87. The van der Waals surface area contributed by atoms with Crippen molar-refractivity contribution in [1.82, 2.24) is 0 Å². The lowest BCUT2D eigenvalue weighted by Crippen LogP contribution is -2.30. The fourth-order valence-electron chi connectivity index (χ4n) is 2.57. The summed E-state index contributed by atoms with van der Waals surface area (Å²) < 4.78 is 11.3. The molecule has 1 aliphatic carbocycles. The summed E-state index contributed by atoms with van der Waals surface area (Å²) in [6.45, 7) is 8.38. The van der Waals surface area contributed by atoms with Crippen molar-refractivity contribution in [3.8, 4) is 0 Å². The monoisotopic (exact) mass is 282 g/mol. The molecule has 1 fully saturated rings. The zero-order valence-corrected chi connectivity index (χ0v) is 13.2. The minimum absolute atomic E-state index is 0.0121. The first-order valence-corrected chi connectivity index (χ1v) is 8.11. The van der Waals surface area contributed by atoms with Crippen molar-refractivity contribution in [3.05, 3.63) is 12.2 Å². The van der Waals surface area contributed by atoms with Crippen molar-refractivity contribution in [1.29, 1.82) is 0 Å². The highest BCUT2D eigenvalue weighted by Crippen LogP contribution is 2.24. The molecule has 0 radical (unpaired) electrons. The Bertz CT molecular complexity index is 299. The Balaban J connectivity index is 2.14. The van der Waals surface area contributed by atoms with Crippen LogP contribution in [0.2, 0.25) is 0 Å². The molecule has 2 unspecified atom stereocenters. The lowest BCUT2D eigenvalue weighted by molar-refractivity contribution is -0.148. The van der Waals surface area contributed by atoms with E-state index >= 15 is 0 Å². The SMILES string of the molecule is C=C(C)C(=O)OC1CCCC(OCCCCCCC)C1. The van der Waals surface area contributed by atoms with E-state index in [4.69, 9.17) is 9.47 Å². The number of hydrogen-bond acceptors (Lipinski definition) is 3. The number of rotatable bonds is 9. The summed E-state index contributed by atoms with van der Waals surface area (Å²) in [4.78, 5) is 11.5. The van der Waals surface area contributed by atoms with E-state index in [9.17, 15) is 4.79 Å². The molecule has 0 saturated heterocycles. The number of carbonyl (C=O) groups is 1. The second-order valence-corrected chi connectivity index (χ2v) is 5.88. The van der Waals surface area contributed by atoms with Crippen molar-refractivity contribution in [2.45, 2.75) is 83.8 Å². The number of hydrogen-bond donors (Lipinski definition) is 0. The van der Waals surface area contributed by atoms with Crippen molar-refractivity contribution >= 4 is 5.97 Å². The van der Waals surface area contributed by atoms with E-state index in [0.717, 1.165) is 38.7 Å². The van der Waals surface area contributed by atoms with Gasteiger partial charge in [0.05, 0.1) is 6.10 Å². The molecule has 0 aromatic heterocycles. The van der Waals surface area contributed by atoms with Gasteiger partial charge in [0.25, 0.3) is 0 Å². The molecule has 0 aromatic rings. The summed E-state index contributed by atoms with van der Waals surface area (Å²) in [6, 6.07) is 0. The highest BCUT2D eigenvalue weighted by atomic mass is 16.5. The molecule has 0 aromatic carbocycles. The largest absolute Gasteiger partial charge is 0.459 e. The van der Waals surface area contributed by atoms with Crippen LogP contribution < -0.4 is 0 Å². The molecule has 3 heteroatoms. The molecule has 116 valence electrons. The molecule has 0 spiro atoms. The van der Waals surface area contributed by atoms with Gasteiger partial charge in [-0.15, -0.1) is 0 Å². The van der Waals surface area contributed by atoms with E-state index in [1.807, 2.05) is 0 Å². The van der Waals surface area contributed by atoms with Gasteiger partial charge >= 0.3 is 5.97 Å². The lowest BCUT2D eigenvalue weighted by atomic mass is 9.95. The summed E-state index contributed by atoms with van der Waals surface area (Å²) in [5, 5.41) is 0. The molecule has 0 heterocycles. The van der Waals surface area contributed by atoms with Gasteiger partial charge in [0.1, 0.15) is 6.10 Å². The second kappa shape index (κ2) is 9.98. The topological polar surface area (TPSA) is 35.5 Å². The maximum atomic E-state index is 11.5. The van der Waals surface area contributed by atoms with Crippen LogP contribution >= 0.6 is 0 Å². The fourth-order valence-corrected chi connectivity index (χ4v) is 2.57. The Morgan fingerprint density at radius 3 is 2.55 bits per heavy atom. The second-order valence-electron chi connectivity index (χ2n) is 5.88. The van der Waals surface area contributed by atoms with Crippen LogP contribution in [0.4, 0.5) is 0 Å². The van der Waals surface area contributed by atoms with E-state index < -0.39 is 0 Å². The van der Waals surface area contributed by atoms with E-state index in [0.29, 0.717) is 5.57 Å². The van der Waals surface area contributed by atoms with E-state index in [2.05, 4.69) is 13.5 Å². The van der Waals surface area contributed by atoms with Gasteiger partial charge in [0.2, 0.25) is 0 Å². The zero-order valence-electron chi connectivity index (χ0n) is 13.2. The van der Waals surface area contributed by atoms with Crippen molar-refractivity contribution < 1.29 is 14.3 Å². The standard InChI is InChI=1S/C17H30O3/c1-4-5-6-7-8-12-19-15-10-9-11-16(13-15)20-17(18)14(2)3/h15-16H,2,4-13H2,1,3H3. The number of esters is 1. The normalized spacial score (nSPS) is 22.5. The van der Waals surface area contributed by atoms with Crippen molar-refractivity contribution in [2.24, 2.45) is 0 Å². The molecule has 0 N–H and O–H groups in total. The van der Waals surface area contributed by atoms with Crippen molar-refractivity contribution in [2.75, 3.05) is 6.61 Å². The van der Waals surface area contributed by atoms with Gasteiger partial charge in [-0.1, -0.05) is 39.2 Å². The Morgan fingerprint density at radius 1 is 1.15 bits per heavy atom. The summed E-state index contributed by atoms with van der Waals surface area (Å²) in [5.41, 5.74) is 0.476. The number of unbranched alkanes of at least 4 members (excludes halogenated alkanes) is 4. The van der Waals surface area contributed by atoms with Crippen LogP contribution in [-0.4, -0.2) is 24.8 Å². The average Bonchev–Trinajstić information content (AvgIpc) is 2.43. The first-order valence-electron chi connectivity index (χ1n) is 8.11. The molecule has 0 amide bonds. The van der Waals surface area contributed by atoms with Gasteiger partial charge in [-0.25, -0.2) is 4.79 Å². The Labute approximate surface area is 123 Å². The first kappa shape index (κ1) is 17.2. The minimum Gasteiger partial charge on any atom is -0.459 e. The van der Waals surface area contributed by atoms with E-state index in [1.165, 1.54) is 25.7 Å². The van der Waals surface area contributed by atoms with Gasteiger partial charge in [-0.3, -0.25) is 0 Å². The maximum absolute atomic E-state index is 11.5. The molecule has 20 heavy (non-hydrogen) atoms. The third-order valence-corrected chi connectivity index (χ3v) is 3.80. The predicted octanol–water partition coefficient (Wildman–Crippen LogP) is 4.40. The van der Waals surface area contributed by atoms with Gasteiger partial charge < -0.3 is 9.47 Å². The van der Waals surface area contributed by atoms with Crippen molar-refractivity contribution in [3.63, 3.8) is 0 Å². The molecule has 1 saturated carbocycles. The molecule has 2 atom stereocenters. The van der Waals surface area contributed by atoms with Gasteiger partial charge in [-0.2, -0.15) is 0 Å². The average molecular weight is 282 g/mol. The molecule has 3 nitrogen and oxygen atoms in total. The smallest absolute Gasteiger partial charge is 0.333 e. The minimum atomic E-state index is -0.268. The third kappa shape index (κ3) is 7.09. The fraction of sp³-hybridized carbons (Fsp3) is 0.824.